The number of nitro groups is 1. The lowest BCUT2D eigenvalue weighted by molar-refractivity contribution is -0.384. The fourth-order valence-electron chi connectivity index (χ4n) is 1.76. The Morgan fingerprint density at radius 2 is 2.25 bits per heavy atom. The summed E-state index contributed by atoms with van der Waals surface area (Å²) in [5.41, 5.74) is 0.605. The molecule has 16 heavy (non-hydrogen) atoms. The highest BCUT2D eigenvalue weighted by Gasteiger charge is 2.19. The number of nitrogens with one attached hydrogen (secondary N) is 1. The second kappa shape index (κ2) is 4.70. The molecule has 0 bridgehead atoms. The molecule has 1 aliphatic rings. The maximum Gasteiger partial charge on any atom is 0.292 e. The molecule has 0 amide bonds. The summed E-state index contributed by atoms with van der Waals surface area (Å²) in [6.45, 7) is 0.793. The molecule has 4 nitrogen and oxygen atoms in total. The third-order valence-electron chi connectivity index (χ3n) is 2.96. The van der Waals surface area contributed by atoms with Crippen molar-refractivity contribution in [1.82, 2.24) is 0 Å². The van der Waals surface area contributed by atoms with Crippen molar-refractivity contribution >= 4 is 23.0 Å². The Labute approximate surface area is 98.8 Å². The molecular formula is C11H13ClN2O2. The van der Waals surface area contributed by atoms with Gasteiger partial charge in [0.2, 0.25) is 0 Å². The molecule has 0 saturated heterocycles. The van der Waals surface area contributed by atoms with Crippen molar-refractivity contribution in [1.29, 1.82) is 0 Å². The number of hydrogen-bond acceptors (Lipinski definition) is 3. The van der Waals surface area contributed by atoms with Crippen LogP contribution in [0.2, 0.25) is 5.02 Å². The second-order valence-corrected chi connectivity index (χ2v) is 4.53. The number of anilines is 1. The maximum atomic E-state index is 10.8. The zero-order valence-corrected chi connectivity index (χ0v) is 9.54. The Balaban J connectivity index is 2.09. The normalized spacial score (nSPS) is 15.6. The fourth-order valence-corrected chi connectivity index (χ4v) is 1.93. The predicted octanol–water partition coefficient (Wildman–Crippen LogP) is 3.46. The smallest absolute Gasteiger partial charge is 0.292 e. The van der Waals surface area contributed by atoms with Crippen LogP contribution in [0.5, 0.6) is 0 Å². The molecule has 0 unspecified atom stereocenters. The summed E-state index contributed by atoms with van der Waals surface area (Å²) < 4.78 is 0. The minimum Gasteiger partial charge on any atom is -0.379 e. The van der Waals surface area contributed by atoms with E-state index in [2.05, 4.69) is 5.32 Å². The number of hydrogen-bond donors (Lipinski definition) is 1. The number of nitrogens with zero attached hydrogens (tertiary/aromatic N) is 1. The van der Waals surface area contributed by atoms with Gasteiger partial charge in [-0.3, -0.25) is 10.1 Å². The lowest BCUT2D eigenvalue weighted by Crippen LogP contribution is -2.21. The largest absolute Gasteiger partial charge is 0.379 e. The molecule has 5 heteroatoms. The van der Waals surface area contributed by atoms with Crippen molar-refractivity contribution in [3.8, 4) is 0 Å². The molecule has 2 rings (SSSR count). The molecule has 1 aliphatic carbocycles. The van der Waals surface area contributed by atoms with Crippen molar-refractivity contribution in [2.45, 2.75) is 19.3 Å². The first kappa shape index (κ1) is 11.2. The van der Waals surface area contributed by atoms with Gasteiger partial charge in [-0.2, -0.15) is 0 Å². The molecule has 1 aromatic carbocycles. The third kappa shape index (κ3) is 2.44. The van der Waals surface area contributed by atoms with E-state index in [1.807, 2.05) is 0 Å². The Hall–Kier alpha value is -1.29. The summed E-state index contributed by atoms with van der Waals surface area (Å²) in [4.78, 5) is 10.4. The molecule has 1 fully saturated rings. The number of rotatable bonds is 4. The molecule has 86 valence electrons. The Bertz CT molecular complexity index is 405. The first-order valence-electron chi connectivity index (χ1n) is 5.34. The molecule has 1 N–H and O–H groups in total. The average Bonchev–Trinajstić information content (AvgIpc) is 2.14. The van der Waals surface area contributed by atoms with Crippen LogP contribution in [0.15, 0.2) is 18.2 Å². The number of nitro benzene ring substituents is 1. The van der Waals surface area contributed by atoms with E-state index in [-0.39, 0.29) is 10.6 Å². The van der Waals surface area contributed by atoms with E-state index in [1.165, 1.54) is 31.4 Å². The fraction of sp³-hybridized carbons (Fsp3) is 0.455. The lowest BCUT2D eigenvalue weighted by atomic mass is 9.85. The topological polar surface area (TPSA) is 55.2 Å². The van der Waals surface area contributed by atoms with Gasteiger partial charge < -0.3 is 5.32 Å². The van der Waals surface area contributed by atoms with Crippen molar-refractivity contribution < 1.29 is 4.92 Å². The van der Waals surface area contributed by atoms with Gasteiger partial charge in [-0.15, -0.1) is 0 Å². The van der Waals surface area contributed by atoms with Crippen molar-refractivity contribution in [3.63, 3.8) is 0 Å². The lowest BCUT2D eigenvalue weighted by Gasteiger charge is -2.25. The van der Waals surface area contributed by atoms with Gasteiger partial charge in [0.25, 0.3) is 5.69 Å². The van der Waals surface area contributed by atoms with E-state index >= 15 is 0 Å². The number of benzene rings is 1. The molecule has 0 radical (unpaired) electrons. The molecule has 1 saturated carbocycles. The minimum absolute atomic E-state index is 0.0868. The minimum atomic E-state index is -0.389. The summed E-state index contributed by atoms with van der Waals surface area (Å²) in [5.74, 6) is 0.651. The summed E-state index contributed by atoms with van der Waals surface area (Å²) >= 11 is 5.82. The van der Waals surface area contributed by atoms with Gasteiger partial charge in [0.05, 0.1) is 4.92 Å². The van der Waals surface area contributed by atoms with E-state index in [9.17, 15) is 10.1 Å². The van der Waals surface area contributed by atoms with Crippen molar-refractivity contribution in [2.24, 2.45) is 5.92 Å². The summed E-state index contributed by atoms with van der Waals surface area (Å²) in [5, 5.41) is 14.4. The Morgan fingerprint density at radius 1 is 1.50 bits per heavy atom. The quantitative estimate of drug-likeness (QED) is 0.648. The van der Waals surface area contributed by atoms with Gasteiger partial charge in [-0.1, -0.05) is 18.0 Å². The number of halogens is 1. The molecule has 0 heterocycles. The highest BCUT2D eigenvalue weighted by molar-refractivity contribution is 6.31. The van der Waals surface area contributed by atoms with E-state index in [4.69, 9.17) is 11.6 Å². The van der Waals surface area contributed by atoms with Crippen molar-refractivity contribution in [2.75, 3.05) is 11.9 Å². The molecule has 0 aliphatic heterocycles. The Morgan fingerprint density at radius 3 is 2.81 bits per heavy atom. The van der Waals surface area contributed by atoms with Crippen LogP contribution in [0.4, 0.5) is 11.4 Å². The molecular weight excluding hydrogens is 228 g/mol. The van der Waals surface area contributed by atoms with E-state index in [0.29, 0.717) is 16.6 Å². The van der Waals surface area contributed by atoms with Gasteiger partial charge in [0.1, 0.15) is 5.69 Å². The predicted molar refractivity (Wildman–Crippen MR) is 63.9 cm³/mol. The van der Waals surface area contributed by atoms with Crippen LogP contribution in [0.25, 0.3) is 0 Å². The van der Waals surface area contributed by atoms with E-state index in [1.54, 1.807) is 6.07 Å². The van der Waals surface area contributed by atoms with Crippen LogP contribution in [-0.4, -0.2) is 11.5 Å². The van der Waals surface area contributed by atoms with E-state index < -0.39 is 0 Å². The van der Waals surface area contributed by atoms with Crippen LogP contribution >= 0.6 is 11.6 Å². The summed E-state index contributed by atoms with van der Waals surface area (Å²) in [6.07, 6.45) is 3.69. The second-order valence-electron chi connectivity index (χ2n) is 4.10. The van der Waals surface area contributed by atoms with Crippen LogP contribution in [0.1, 0.15) is 19.3 Å². The monoisotopic (exact) mass is 240 g/mol. The van der Waals surface area contributed by atoms with E-state index in [0.717, 1.165) is 6.54 Å². The summed E-state index contributed by atoms with van der Waals surface area (Å²) in [7, 11) is 0. The van der Waals surface area contributed by atoms with Crippen LogP contribution in [0, 0.1) is 16.0 Å². The molecule has 0 spiro atoms. The van der Waals surface area contributed by atoms with Crippen LogP contribution in [0.3, 0.4) is 0 Å². The first-order chi connectivity index (χ1) is 7.66. The highest BCUT2D eigenvalue weighted by Crippen LogP contribution is 2.30. The Kier molecular flexibility index (Phi) is 3.29. The first-order valence-corrected chi connectivity index (χ1v) is 5.72. The zero-order valence-electron chi connectivity index (χ0n) is 8.78. The summed E-state index contributed by atoms with van der Waals surface area (Å²) in [6, 6.07) is 4.58. The van der Waals surface area contributed by atoms with Gasteiger partial charge in [-0.05, 0) is 30.9 Å². The van der Waals surface area contributed by atoms with Crippen LogP contribution < -0.4 is 5.32 Å². The molecule has 1 aromatic rings. The standard InChI is InChI=1S/C11H13ClN2O2/c12-9-4-5-11(14(15)16)10(6-9)13-7-8-2-1-3-8/h4-6,8,13H,1-3,7H2. The SMILES string of the molecule is O=[N+]([O-])c1ccc(Cl)cc1NCC1CCC1. The molecule has 0 aromatic heterocycles. The van der Waals surface area contributed by atoms with Gasteiger partial charge in [0.15, 0.2) is 0 Å². The van der Waals surface area contributed by atoms with Crippen molar-refractivity contribution in [3.05, 3.63) is 33.3 Å². The van der Waals surface area contributed by atoms with Gasteiger partial charge in [0, 0.05) is 17.6 Å². The highest BCUT2D eigenvalue weighted by atomic mass is 35.5. The van der Waals surface area contributed by atoms with Gasteiger partial charge in [-0.25, -0.2) is 0 Å². The average molecular weight is 241 g/mol. The maximum absolute atomic E-state index is 10.8. The van der Waals surface area contributed by atoms with Gasteiger partial charge >= 0.3 is 0 Å². The zero-order chi connectivity index (χ0) is 11.5. The molecule has 0 atom stereocenters. The van der Waals surface area contributed by atoms with Crippen LogP contribution in [-0.2, 0) is 0 Å². The third-order valence-corrected chi connectivity index (χ3v) is 3.20.